The van der Waals surface area contributed by atoms with Crippen LogP contribution in [0.25, 0.3) is 0 Å². The van der Waals surface area contributed by atoms with Crippen LogP contribution in [0.5, 0.6) is 5.75 Å². The van der Waals surface area contributed by atoms with E-state index >= 15 is 0 Å². The van der Waals surface area contributed by atoms with Crippen molar-refractivity contribution in [3.63, 3.8) is 0 Å². The third-order valence-corrected chi connectivity index (χ3v) is 7.20. The van der Waals surface area contributed by atoms with Gasteiger partial charge in [-0.05, 0) is 59.6 Å². The Kier molecular flexibility index (Phi) is 5.78. The lowest BCUT2D eigenvalue weighted by atomic mass is 9.55. The smallest absolute Gasteiger partial charge is 0.487 e. The van der Waals surface area contributed by atoms with Crippen LogP contribution in [0.15, 0.2) is 59.6 Å². The molecule has 0 spiro atoms. The zero-order chi connectivity index (χ0) is 23.3. The molecule has 1 aliphatic carbocycles. The number of ether oxygens (including phenoxy) is 1. The van der Waals surface area contributed by atoms with Crippen molar-refractivity contribution in [1.29, 1.82) is 0 Å². The molecule has 2 aliphatic heterocycles. The Morgan fingerprint density at radius 3 is 2.61 bits per heavy atom. The van der Waals surface area contributed by atoms with Crippen molar-refractivity contribution in [3.8, 4) is 5.75 Å². The van der Waals surface area contributed by atoms with E-state index < -0.39 is 31.0 Å². The van der Waals surface area contributed by atoms with Gasteiger partial charge in [0.25, 0.3) is 0 Å². The van der Waals surface area contributed by atoms with Crippen LogP contribution in [-0.2, 0) is 19.0 Å². The van der Waals surface area contributed by atoms with Gasteiger partial charge in [0.1, 0.15) is 5.75 Å². The van der Waals surface area contributed by atoms with E-state index in [2.05, 4.69) is 0 Å². The van der Waals surface area contributed by atoms with E-state index in [4.69, 9.17) is 21.0 Å². The highest BCUT2D eigenvalue weighted by Crippen LogP contribution is 2.52. The van der Waals surface area contributed by atoms with Gasteiger partial charge >= 0.3 is 7.12 Å². The average Bonchev–Trinajstić information content (AvgIpc) is 3.04. The molecule has 7 nitrogen and oxygen atoms in total. The topological polar surface area (TPSA) is 96.3 Å². The summed E-state index contributed by atoms with van der Waals surface area (Å²) in [6.07, 6.45) is 0.106. The highest BCUT2D eigenvalue weighted by atomic mass is 35.5. The standard InChI is InChI=1S/C24H23BClNO6/c1-32-12-13-9-18-21(24(30)27(23(18)29)14-5-3-2-4-6-14)17-11-20(33-25(31)22(13)17)16-8-7-15(28)10-19(16)26/h2-8,10,17-18,20-21,28,31H,9,11-12H2,1H3/t17-,18-,20-,21+/m0/s1. The number of carbonyl (C=O) groups is 2. The minimum absolute atomic E-state index is 0.0240. The molecule has 2 N–H and O–H groups in total. The summed E-state index contributed by atoms with van der Waals surface area (Å²) in [6.45, 7) is 0.243. The SMILES string of the molecule is COCC1=C2B(O)O[C@H](c3ccc(O)cc3Cl)C[C@H]2[C@H]2C(=O)N(c3ccccc3)C(=O)[C@H]2C1. The van der Waals surface area contributed by atoms with Gasteiger partial charge in [0.2, 0.25) is 11.8 Å². The van der Waals surface area contributed by atoms with Crippen molar-refractivity contribution >= 4 is 36.2 Å². The van der Waals surface area contributed by atoms with Gasteiger partial charge in [0, 0.05) is 12.1 Å². The number of anilines is 1. The summed E-state index contributed by atoms with van der Waals surface area (Å²) < 4.78 is 11.3. The summed E-state index contributed by atoms with van der Waals surface area (Å²) >= 11 is 6.35. The maximum atomic E-state index is 13.6. The Bertz CT molecular complexity index is 1140. The molecule has 2 fully saturated rings. The fourth-order valence-corrected chi connectivity index (χ4v) is 5.82. The number of benzene rings is 2. The highest BCUT2D eigenvalue weighted by Gasteiger charge is 2.58. The zero-order valence-corrected chi connectivity index (χ0v) is 18.7. The van der Waals surface area contributed by atoms with E-state index in [1.807, 2.05) is 6.07 Å². The van der Waals surface area contributed by atoms with E-state index in [0.29, 0.717) is 34.6 Å². The van der Waals surface area contributed by atoms with Gasteiger partial charge in [-0.15, -0.1) is 0 Å². The number of carbonyl (C=O) groups excluding carboxylic acids is 2. The molecule has 33 heavy (non-hydrogen) atoms. The van der Waals surface area contributed by atoms with Gasteiger partial charge in [-0.1, -0.05) is 35.9 Å². The van der Waals surface area contributed by atoms with Gasteiger partial charge in [0.05, 0.1) is 30.2 Å². The largest absolute Gasteiger partial charge is 0.508 e. The zero-order valence-electron chi connectivity index (χ0n) is 18.0. The van der Waals surface area contributed by atoms with Crippen LogP contribution < -0.4 is 4.90 Å². The van der Waals surface area contributed by atoms with Crippen LogP contribution in [0, 0.1) is 17.8 Å². The third kappa shape index (κ3) is 3.67. The Morgan fingerprint density at radius 2 is 1.91 bits per heavy atom. The Hall–Kier alpha value is -2.65. The summed E-state index contributed by atoms with van der Waals surface area (Å²) in [6, 6.07) is 13.5. The van der Waals surface area contributed by atoms with Crippen LogP contribution in [0.2, 0.25) is 5.02 Å². The number of hydrogen-bond acceptors (Lipinski definition) is 6. The van der Waals surface area contributed by atoms with Gasteiger partial charge in [-0.3, -0.25) is 14.5 Å². The predicted molar refractivity (Wildman–Crippen MR) is 122 cm³/mol. The monoisotopic (exact) mass is 467 g/mol. The molecule has 2 aromatic rings. The molecule has 0 saturated carbocycles. The highest BCUT2D eigenvalue weighted by molar-refractivity contribution is 6.53. The fourth-order valence-electron chi connectivity index (χ4n) is 5.53. The Balaban J connectivity index is 1.56. The Labute approximate surface area is 196 Å². The van der Waals surface area contributed by atoms with Crippen LogP contribution in [0.4, 0.5) is 5.69 Å². The van der Waals surface area contributed by atoms with Crippen molar-refractivity contribution in [2.45, 2.75) is 18.9 Å². The number of phenols is 1. The number of allylic oxidation sites excluding steroid dienone is 1. The van der Waals surface area contributed by atoms with Gasteiger partial charge < -0.3 is 19.5 Å². The van der Waals surface area contributed by atoms with Gasteiger partial charge in [0.15, 0.2) is 0 Å². The number of halogens is 1. The van der Waals surface area contributed by atoms with Crippen molar-refractivity contribution in [2.75, 3.05) is 18.6 Å². The second kappa shape index (κ2) is 8.61. The number of fused-ring (bicyclic) bond motifs is 3. The van der Waals surface area contributed by atoms with E-state index in [-0.39, 0.29) is 24.2 Å². The molecule has 0 radical (unpaired) electrons. The number of nitrogens with zero attached hydrogens (tertiary/aromatic N) is 1. The summed E-state index contributed by atoms with van der Waals surface area (Å²) in [4.78, 5) is 28.3. The molecule has 5 rings (SSSR count). The molecule has 9 heteroatoms. The van der Waals surface area contributed by atoms with Crippen molar-refractivity contribution in [1.82, 2.24) is 0 Å². The lowest BCUT2D eigenvalue weighted by Crippen LogP contribution is -2.45. The van der Waals surface area contributed by atoms with E-state index in [0.717, 1.165) is 5.57 Å². The molecule has 2 aromatic carbocycles. The molecule has 3 aliphatic rings. The van der Waals surface area contributed by atoms with E-state index in [1.54, 1.807) is 37.4 Å². The third-order valence-electron chi connectivity index (χ3n) is 6.88. The number of hydrogen-bond donors (Lipinski definition) is 2. The first kappa shape index (κ1) is 22.2. The van der Waals surface area contributed by atoms with E-state index in [9.17, 15) is 19.7 Å². The number of para-hydroxylation sites is 1. The van der Waals surface area contributed by atoms with Crippen LogP contribution in [0.3, 0.4) is 0 Å². The molecule has 0 unspecified atom stereocenters. The molecule has 4 atom stereocenters. The first-order chi connectivity index (χ1) is 15.9. The molecule has 2 heterocycles. The summed E-state index contributed by atoms with van der Waals surface area (Å²) in [5, 5.41) is 21.0. The van der Waals surface area contributed by atoms with Crippen LogP contribution in [0.1, 0.15) is 24.5 Å². The minimum atomic E-state index is -1.25. The second-order valence-electron chi connectivity index (χ2n) is 8.70. The van der Waals surface area contributed by atoms with Crippen LogP contribution >= 0.6 is 11.6 Å². The second-order valence-corrected chi connectivity index (χ2v) is 9.11. The van der Waals surface area contributed by atoms with Crippen molar-refractivity contribution in [3.05, 3.63) is 70.2 Å². The fraction of sp³-hybridized carbons (Fsp3) is 0.333. The summed E-state index contributed by atoms with van der Waals surface area (Å²) in [5.74, 6) is -2.01. The van der Waals surface area contributed by atoms with E-state index in [1.165, 1.54) is 17.0 Å². The summed E-state index contributed by atoms with van der Waals surface area (Å²) in [5.41, 5.74) is 2.57. The molecular weight excluding hydrogens is 445 g/mol. The minimum Gasteiger partial charge on any atom is -0.508 e. The lowest BCUT2D eigenvalue weighted by Gasteiger charge is -2.42. The number of imide groups is 1. The summed E-state index contributed by atoms with van der Waals surface area (Å²) in [7, 11) is 0.306. The van der Waals surface area contributed by atoms with Crippen molar-refractivity contribution in [2.24, 2.45) is 17.8 Å². The Morgan fingerprint density at radius 1 is 1.15 bits per heavy atom. The first-order valence-corrected chi connectivity index (χ1v) is 11.2. The van der Waals surface area contributed by atoms with Crippen molar-refractivity contribution < 1.29 is 29.1 Å². The molecule has 0 aromatic heterocycles. The quantitative estimate of drug-likeness (QED) is 0.529. The first-order valence-electron chi connectivity index (χ1n) is 10.9. The molecule has 2 amide bonds. The predicted octanol–water partition coefficient (Wildman–Crippen LogP) is 3.30. The lowest BCUT2D eigenvalue weighted by molar-refractivity contribution is -0.123. The number of amides is 2. The number of phenolic OH excluding ortho intramolecular Hbond substituents is 1. The molecular formula is C24H23BClNO6. The molecule has 170 valence electrons. The number of aromatic hydroxyl groups is 1. The molecule has 0 bridgehead atoms. The number of rotatable bonds is 4. The normalized spacial score (nSPS) is 27.1. The average molecular weight is 468 g/mol. The molecule has 2 saturated heterocycles. The van der Waals surface area contributed by atoms with Gasteiger partial charge in [-0.25, -0.2) is 0 Å². The maximum Gasteiger partial charge on any atom is 0.487 e. The van der Waals surface area contributed by atoms with Gasteiger partial charge in [-0.2, -0.15) is 0 Å². The van der Waals surface area contributed by atoms with Crippen LogP contribution in [-0.4, -0.2) is 42.8 Å². The maximum absolute atomic E-state index is 13.6. The number of methoxy groups -OCH3 is 1.